The van der Waals surface area contributed by atoms with E-state index < -0.39 is 6.67 Å². The van der Waals surface area contributed by atoms with Crippen LogP contribution in [-0.4, -0.2) is 62.4 Å². The molecule has 1 amide bonds. The molecule has 0 fully saturated rings. The second kappa shape index (κ2) is 12.1. The van der Waals surface area contributed by atoms with Gasteiger partial charge in [0.1, 0.15) is 18.2 Å². The summed E-state index contributed by atoms with van der Waals surface area (Å²) in [5.74, 6) is 1.61. The molecule has 2 aromatic heterocycles. The minimum Gasteiger partial charge on any atom is -0.484 e. The highest BCUT2D eigenvalue weighted by molar-refractivity contribution is 5.78. The van der Waals surface area contributed by atoms with Crippen LogP contribution in [0.5, 0.6) is 5.75 Å². The number of hydrogen-bond acceptors (Lipinski definition) is 7. The Labute approximate surface area is 239 Å². The van der Waals surface area contributed by atoms with Crippen molar-refractivity contribution >= 4 is 17.4 Å². The van der Waals surface area contributed by atoms with Crippen LogP contribution in [0.25, 0.3) is 22.5 Å². The van der Waals surface area contributed by atoms with E-state index in [9.17, 15) is 9.18 Å². The smallest absolute Gasteiger partial charge is 0.258 e. The number of hydrogen-bond donors (Lipinski definition) is 3. The first-order valence-electron chi connectivity index (χ1n) is 13.8. The molecular weight excluding hydrogens is 521 g/mol. The van der Waals surface area contributed by atoms with E-state index in [0.29, 0.717) is 30.4 Å². The minimum absolute atomic E-state index is 0.0873. The van der Waals surface area contributed by atoms with Gasteiger partial charge < -0.3 is 15.4 Å². The monoisotopic (exact) mass is 557 g/mol. The minimum atomic E-state index is -0.410. The van der Waals surface area contributed by atoms with Crippen LogP contribution in [0.2, 0.25) is 0 Å². The second-order valence-corrected chi connectivity index (χ2v) is 11.3. The number of ether oxygens (including phenoxy) is 1. The van der Waals surface area contributed by atoms with E-state index in [-0.39, 0.29) is 24.1 Å². The lowest BCUT2D eigenvalue weighted by molar-refractivity contribution is -0.124. The van der Waals surface area contributed by atoms with Crippen LogP contribution in [0.1, 0.15) is 39.0 Å². The average molecular weight is 558 g/mol. The van der Waals surface area contributed by atoms with E-state index in [2.05, 4.69) is 25.7 Å². The third kappa shape index (κ3) is 7.07. The van der Waals surface area contributed by atoms with Gasteiger partial charge in [-0.15, -0.1) is 0 Å². The SMILES string of the molecule is CC(CF)N1CCc2nc(-c3cccc(OCC(=O)NC(C)(C)C)c3)nc(Nc3ccc(-c4cn[nH]c4)cc3)c2C1. The number of rotatable bonds is 9. The first-order chi connectivity index (χ1) is 19.7. The maximum atomic E-state index is 13.5. The number of fused-ring (bicyclic) bond motifs is 1. The topological polar surface area (TPSA) is 108 Å². The van der Waals surface area contributed by atoms with E-state index in [4.69, 9.17) is 14.7 Å². The van der Waals surface area contributed by atoms with Crippen molar-refractivity contribution in [3.05, 3.63) is 72.2 Å². The van der Waals surface area contributed by atoms with Crippen LogP contribution in [0.4, 0.5) is 15.9 Å². The molecule has 0 aliphatic carbocycles. The number of halogens is 1. The second-order valence-electron chi connectivity index (χ2n) is 11.3. The highest BCUT2D eigenvalue weighted by Gasteiger charge is 2.26. The predicted molar refractivity (Wildman–Crippen MR) is 158 cm³/mol. The lowest BCUT2D eigenvalue weighted by Crippen LogP contribution is -2.43. The van der Waals surface area contributed by atoms with Crippen molar-refractivity contribution in [1.82, 2.24) is 30.4 Å². The van der Waals surface area contributed by atoms with Crippen LogP contribution in [0.15, 0.2) is 60.9 Å². The molecule has 0 radical (unpaired) electrons. The molecule has 1 atom stereocenters. The Morgan fingerprint density at radius 2 is 1.93 bits per heavy atom. The molecule has 1 unspecified atom stereocenters. The zero-order valence-electron chi connectivity index (χ0n) is 23.9. The van der Waals surface area contributed by atoms with E-state index >= 15 is 0 Å². The van der Waals surface area contributed by atoms with E-state index in [1.807, 2.05) is 82.4 Å². The van der Waals surface area contributed by atoms with Crippen molar-refractivity contribution in [2.24, 2.45) is 0 Å². The Balaban J connectivity index is 1.43. The number of H-pyrrole nitrogens is 1. The van der Waals surface area contributed by atoms with Gasteiger partial charge in [0.2, 0.25) is 0 Å². The maximum Gasteiger partial charge on any atom is 0.258 e. The summed E-state index contributed by atoms with van der Waals surface area (Å²) in [6.45, 7) is 8.46. The molecule has 10 heteroatoms. The van der Waals surface area contributed by atoms with Crippen molar-refractivity contribution < 1.29 is 13.9 Å². The van der Waals surface area contributed by atoms with Gasteiger partial charge in [0, 0.05) is 59.7 Å². The molecule has 214 valence electrons. The van der Waals surface area contributed by atoms with Crippen LogP contribution in [-0.2, 0) is 17.8 Å². The number of aromatic amines is 1. The molecular formula is C31H36FN7O2. The number of carbonyl (C=O) groups is 1. The number of nitrogens with zero attached hydrogens (tertiary/aromatic N) is 4. The van der Waals surface area contributed by atoms with Crippen molar-refractivity contribution in [3.63, 3.8) is 0 Å². The average Bonchev–Trinajstić information content (AvgIpc) is 3.50. The lowest BCUT2D eigenvalue weighted by Gasteiger charge is -2.33. The number of alkyl halides is 1. The van der Waals surface area contributed by atoms with E-state index in [1.54, 1.807) is 6.20 Å². The summed E-state index contributed by atoms with van der Waals surface area (Å²) in [6.07, 6.45) is 4.32. The molecule has 9 nitrogen and oxygen atoms in total. The summed E-state index contributed by atoms with van der Waals surface area (Å²) >= 11 is 0. The van der Waals surface area contributed by atoms with Crippen LogP contribution in [0.3, 0.4) is 0 Å². The molecule has 41 heavy (non-hydrogen) atoms. The lowest BCUT2D eigenvalue weighted by atomic mass is 10.0. The molecule has 0 saturated carbocycles. The molecule has 1 aliphatic rings. The fraction of sp³-hybridized carbons (Fsp3) is 0.355. The number of aromatic nitrogens is 4. The third-order valence-electron chi connectivity index (χ3n) is 6.89. The van der Waals surface area contributed by atoms with Gasteiger partial charge in [0.05, 0.1) is 11.9 Å². The maximum absolute atomic E-state index is 13.5. The largest absolute Gasteiger partial charge is 0.484 e. The molecule has 3 N–H and O–H groups in total. The van der Waals surface area contributed by atoms with Gasteiger partial charge in [-0.25, -0.2) is 14.4 Å². The number of benzene rings is 2. The number of amides is 1. The Bertz CT molecular complexity index is 1480. The molecule has 5 rings (SSSR count). The van der Waals surface area contributed by atoms with Crippen molar-refractivity contribution in [3.8, 4) is 28.3 Å². The van der Waals surface area contributed by atoms with Gasteiger partial charge >= 0.3 is 0 Å². The van der Waals surface area contributed by atoms with Crippen molar-refractivity contribution in [1.29, 1.82) is 0 Å². The Morgan fingerprint density at radius 1 is 1.12 bits per heavy atom. The molecule has 2 aromatic carbocycles. The first kappa shape index (κ1) is 28.2. The zero-order valence-corrected chi connectivity index (χ0v) is 23.9. The van der Waals surface area contributed by atoms with Gasteiger partial charge in [-0.3, -0.25) is 14.8 Å². The van der Waals surface area contributed by atoms with Gasteiger partial charge in [0.15, 0.2) is 12.4 Å². The van der Waals surface area contributed by atoms with Gasteiger partial charge in [-0.05, 0) is 57.5 Å². The Morgan fingerprint density at radius 3 is 2.63 bits per heavy atom. The predicted octanol–water partition coefficient (Wildman–Crippen LogP) is 5.29. The summed E-state index contributed by atoms with van der Waals surface area (Å²) in [4.78, 5) is 24.2. The number of carbonyl (C=O) groups excluding carboxylic acids is 1. The zero-order chi connectivity index (χ0) is 29.0. The summed E-state index contributed by atoms with van der Waals surface area (Å²) in [5, 5.41) is 13.3. The summed E-state index contributed by atoms with van der Waals surface area (Å²) < 4.78 is 19.3. The molecule has 0 spiro atoms. The quantitative estimate of drug-likeness (QED) is 0.257. The summed E-state index contributed by atoms with van der Waals surface area (Å²) in [5.41, 5.74) is 5.27. The molecule has 1 aliphatic heterocycles. The molecule has 0 saturated heterocycles. The first-order valence-corrected chi connectivity index (χ1v) is 13.8. The Hall–Kier alpha value is -4.31. The van der Waals surface area contributed by atoms with Crippen LogP contribution < -0.4 is 15.4 Å². The highest BCUT2D eigenvalue weighted by atomic mass is 19.1. The van der Waals surface area contributed by atoms with Crippen molar-refractivity contribution in [2.75, 3.05) is 25.1 Å². The van der Waals surface area contributed by atoms with Crippen molar-refractivity contribution in [2.45, 2.75) is 52.2 Å². The van der Waals surface area contributed by atoms with Gasteiger partial charge in [0.25, 0.3) is 5.91 Å². The van der Waals surface area contributed by atoms with Crippen LogP contribution in [0, 0.1) is 0 Å². The molecule has 3 heterocycles. The third-order valence-corrected chi connectivity index (χ3v) is 6.89. The van der Waals surface area contributed by atoms with Crippen LogP contribution >= 0.6 is 0 Å². The normalized spacial score (nSPS) is 14.3. The standard InChI is InChI=1S/C31H36FN7O2/c1-20(15-32)39-13-12-27-26(18-39)30(35-24-10-8-21(9-11-24)23-16-33-34-17-23)37-29(36-27)22-6-5-7-25(14-22)41-19-28(40)38-31(2,3)4/h5-11,14,16-17,20H,12-13,15,18-19H2,1-4H3,(H,33,34)(H,38,40)(H,35,36,37). The highest BCUT2D eigenvalue weighted by Crippen LogP contribution is 2.32. The number of nitrogens with one attached hydrogen (secondary N) is 3. The summed E-state index contributed by atoms with van der Waals surface area (Å²) in [6, 6.07) is 15.3. The van der Waals surface area contributed by atoms with Gasteiger partial charge in [-0.1, -0.05) is 24.3 Å². The Kier molecular flexibility index (Phi) is 8.30. The van der Waals surface area contributed by atoms with Gasteiger partial charge in [-0.2, -0.15) is 5.10 Å². The number of anilines is 2. The molecule has 0 bridgehead atoms. The summed E-state index contributed by atoms with van der Waals surface area (Å²) in [7, 11) is 0. The fourth-order valence-corrected chi connectivity index (χ4v) is 4.76. The van der Waals surface area contributed by atoms with E-state index in [0.717, 1.165) is 40.2 Å². The molecule has 4 aromatic rings. The van der Waals surface area contributed by atoms with E-state index in [1.165, 1.54) is 0 Å². The fourth-order valence-electron chi connectivity index (χ4n) is 4.76.